The first-order valence-corrected chi connectivity index (χ1v) is 8.77. The van der Waals surface area contributed by atoms with Crippen LogP contribution in [0.4, 0.5) is 0 Å². The molecule has 2 amide bonds. The molecule has 0 saturated carbocycles. The fourth-order valence-electron chi connectivity index (χ4n) is 2.38. The van der Waals surface area contributed by atoms with Gasteiger partial charge in [0.15, 0.2) is 5.70 Å². The van der Waals surface area contributed by atoms with E-state index >= 15 is 0 Å². The number of aliphatic hydroxyl groups excluding tert-OH is 1. The molecule has 1 saturated heterocycles. The number of carbonyl (C=O) groups excluding carboxylic acids is 2. The number of nitrogens with zero attached hydrogens (tertiary/aromatic N) is 1. The van der Waals surface area contributed by atoms with E-state index in [9.17, 15) is 24.6 Å². The zero-order valence-corrected chi connectivity index (χ0v) is 13.9. The van der Waals surface area contributed by atoms with Crippen LogP contribution in [-0.2, 0) is 14.4 Å². The van der Waals surface area contributed by atoms with E-state index < -0.39 is 18.0 Å². The topological polar surface area (TPSA) is 107 Å². The third-order valence-electron chi connectivity index (χ3n) is 3.62. The van der Waals surface area contributed by atoms with Crippen LogP contribution in [0.1, 0.15) is 19.8 Å². The molecule has 0 aromatic carbocycles. The maximum Gasteiger partial charge on any atom is 0.354 e. The van der Waals surface area contributed by atoms with E-state index in [0.29, 0.717) is 16.4 Å². The van der Waals surface area contributed by atoms with Gasteiger partial charge in [0.1, 0.15) is 5.37 Å². The largest absolute Gasteiger partial charge is 0.477 e. The summed E-state index contributed by atoms with van der Waals surface area (Å²) in [6, 6.07) is 0. The van der Waals surface area contributed by atoms with Gasteiger partial charge in [-0.25, -0.2) is 4.79 Å². The lowest BCUT2D eigenvalue weighted by molar-refractivity contribution is -0.157. The number of thioether (sulfide) groups is 2. The summed E-state index contributed by atoms with van der Waals surface area (Å²) in [7, 11) is 1.54. The van der Waals surface area contributed by atoms with Gasteiger partial charge in [-0.2, -0.15) is 0 Å². The number of hydrogen-bond acceptors (Lipinski definition) is 6. The molecule has 0 radical (unpaired) electrons. The summed E-state index contributed by atoms with van der Waals surface area (Å²) in [6.45, 7) is 1.78. The molecule has 3 atom stereocenters. The lowest BCUT2D eigenvalue weighted by atomic mass is 9.90. The average Bonchev–Trinajstić information content (AvgIpc) is 2.81. The molecule has 0 aromatic rings. The van der Waals surface area contributed by atoms with E-state index in [4.69, 9.17) is 0 Å². The van der Waals surface area contributed by atoms with E-state index in [-0.39, 0.29) is 29.3 Å². The second-order valence-corrected chi connectivity index (χ2v) is 7.42. The third kappa shape index (κ3) is 2.97. The molecule has 22 heavy (non-hydrogen) atoms. The second-order valence-electron chi connectivity index (χ2n) is 4.93. The molecule has 0 bridgehead atoms. The van der Waals surface area contributed by atoms with Crippen LogP contribution in [-0.4, -0.2) is 57.2 Å². The smallest absolute Gasteiger partial charge is 0.354 e. The number of carboxylic acid groups (broad SMARTS) is 1. The molecule has 3 N–H and O–H groups in total. The lowest BCUT2D eigenvalue weighted by Gasteiger charge is -2.44. The fraction of sp³-hybridized carbons (Fsp3) is 0.615. The summed E-state index contributed by atoms with van der Waals surface area (Å²) in [5.74, 6) is -1.73. The van der Waals surface area contributed by atoms with Gasteiger partial charge >= 0.3 is 5.97 Å². The third-order valence-corrected chi connectivity index (χ3v) is 6.28. The van der Waals surface area contributed by atoms with Gasteiger partial charge in [0.05, 0.1) is 16.3 Å². The Bertz CT molecular complexity index is 537. The summed E-state index contributed by atoms with van der Waals surface area (Å²) in [5.41, 5.74) is -0.0264. The second kappa shape index (κ2) is 6.93. The highest BCUT2D eigenvalue weighted by Crippen LogP contribution is 2.54. The Kier molecular flexibility index (Phi) is 5.41. The summed E-state index contributed by atoms with van der Waals surface area (Å²) in [5, 5.41) is 21.4. The Morgan fingerprint density at radius 2 is 2.18 bits per heavy atom. The predicted molar refractivity (Wildman–Crippen MR) is 83.8 cm³/mol. The first-order valence-electron chi connectivity index (χ1n) is 6.91. The normalized spacial score (nSPS) is 24.9. The standard InChI is InChI=1S/C13H18N2O5S2/c1-3-6(16)8-10(18)15-9(12(19)20)13(22-11(8)15)21-5-4-7(17)14-2/h6,8,11,16H,3-5H2,1-2H3,(H,14,17)(H,19,20). The molecule has 0 spiro atoms. The zero-order valence-electron chi connectivity index (χ0n) is 12.2. The van der Waals surface area contributed by atoms with E-state index in [0.717, 1.165) is 0 Å². The highest BCUT2D eigenvalue weighted by atomic mass is 32.2. The van der Waals surface area contributed by atoms with Gasteiger partial charge in [-0.1, -0.05) is 18.7 Å². The van der Waals surface area contributed by atoms with Crippen molar-refractivity contribution in [2.24, 2.45) is 5.92 Å². The molecule has 9 heteroatoms. The molecule has 122 valence electrons. The minimum Gasteiger partial charge on any atom is -0.477 e. The average molecular weight is 346 g/mol. The molecule has 2 aliphatic heterocycles. The van der Waals surface area contributed by atoms with Crippen LogP contribution < -0.4 is 5.32 Å². The van der Waals surface area contributed by atoms with Crippen LogP contribution in [0.5, 0.6) is 0 Å². The van der Waals surface area contributed by atoms with E-state index in [2.05, 4.69) is 5.32 Å². The molecule has 7 nitrogen and oxygen atoms in total. The van der Waals surface area contributed by atoms with Crippen molar-refractivity contribution >= 4 is 41.3 Å². The minimum atomic E-state index is -1.16. The molecule has 2 heterocycles. The number of β-lactam (4-membered cyclic amide) rings is 1. The fourth-order valence-corrected chi connectivity index (χ4v) is 5.27. The first-order chi connectivity index (χ1) is 10.4. The van der Waals surface area contributed by atoms with Crippen molar-refractivity contribution < 1.29 is 24.6 Å². The van der Waals surface area contributed by atoms with Crippen LogP contribution >= 0.6 is 23.5 Å². The summed E-state index contributed by atoms with van der Waals surface area (Å²) in [4.78, 5) is 36.0. The number of hydrogen-bond donors (Lipinski definition) is 3. The Hall–Kier alpha value is -1.19. The molecule has 0 aromatic heterocycles. The quantitative estimate of drug-likeness (QED) is 0.573. The van der Waals surface area contributed by atoms with Crippen LogP contribution in [0.25, 0.3) is 0 Å². The number of nitrogens with one attached hydrogen (secondary N) is 1. The Balaban J connectivity index is 2.08. The lowest BCUT2D eigenvalue weighted by Crippen LogP contribution is -2.61. The highest BCUT2D eigenvalue weighted by Gasteiger charge is 2.58. The molecule has 1 fully saturated rings. The number of carbonyl (C=O) groups is 3. The van der Waals surface area contributed by atoms with E-state index in [1.807, 2.05) is 0 Å². The molecular formula is C13H18N2O5S2. The molecular weight excluding hydrogens is 328 g/mol. The number of fused-ring (bicyclic) bond motifs is 1. The van der Waals surface area contributed by atoms with Crippen LogP contribution in [0.3, 0.4) is 0 Å². The molecule has 2 aliphatic rings. The SMILES string of the molecule is CCC(O)C1C(=O)N2C(C(=O)O)=C(SCCC(=O)NC)SC12. The molecule has 3 unspecified atom stereocenters. The zero-order chi connectivity index (χ0) is 16.4. The number of carboxylic acids is 1. The van der Waals surface area contributed by atoms with Crippen LogP contribution in [0, 0.1) is 5.92 Å². The number of amides is 2. The van der Waals surface area contributed by atoms with Gasteiger partial charge < -0.3 is 15.5 Å². The van der Waals surface area contributed by atoms with Crippen LogP contribution in [0.2, 0.25) is 0 Å². The van der Waals surface area contributed by atoms with Crippen molar-refractivity contribution in [3.8, 4) is 0 Å². The maximum atomic E-state index is 12.1. The molecule has 0 aliphatic carbocycles. The molecule has 2 rings (SSSR count). The predicted octanol–water partition coefficient (Wildman–Crippen LogP) is 0.412. The Morgan fingerprint density at radius 1 is 1.50 bits per heavy atom. The monoisotopic (exact) mass is 346 g/mol. The van der Waals surface area contributed by atoms with Gasteiger partial charge in [-0.05, 0) is 6.42 Å². The van der Waals surface area contributed by atoms with Crippen LogP contribution in [0.15, 0.2) is 9.93 Å². The van der Waals surface area contributed by atoms with Gasteiger partial charge in [-0.15, -0.1) is 11.8 Å². The van der Waals surface area contributed by atoms with Gasteiger partial charge in [0.2, 0.25) is 11.8 Å². The van der Waals surface area contributed by atoms with Crippen molar-refractivity contribution in [3.63, 3.8) is 0 Å². The number of aliphatic carboxylic acids is 1. The Labute approximate surface area is 136 Å². The van der Waals surface area contributed by atoms with Crippen molar-refractivity contribution in [1.82, 2.24) is 10.2 Å². The van der Waals surface area contributed by atoms with Crippen molar-refractivity contribution in [2.75, 3.05) is 12.8 Å². The Morgan fingerprint density at radius 3 is 2.73 bits per heavy atom. The van der Waals surface area contributed by atoms with Crippen molar-refractivity contribution in [1.29, 1.82) is 0 Å². The summed E-state index contributed by atoms with van der Waals surface area (Å²) >= 11 is 2.55. The van der Waals surface area contributed by atoms with Crippen molar-refractivity contribution in [3.05, 3.63) is 9.93 Å². The highest BCUT2D eigenvalue weighted by molar-refractivity contribution is 8.22. The summed E-state index contributed by atoms with van der Waals surface area (Å²) in [6.07, 6.45) is -0.0350. The van der Waals surface area contributed by atoms with Crippen molar-refractivity contribution in [2.45, 2.75) is 31.2 Å². The van der Waals surface area contributed by atoms with Gasteiger partial charge in [-0.3, -0.25) is 14.5 Å². The summed E-state index contributed by atoms with van der Waals surface area (Å²) < 4.78 is 0.528. The minimum absolute atomic E-state index is 0.0264. The number of aliphatic hydroxyl groups is 1. The van der Waals surface area contributed by atoms with E-state index in [1.165, 1.54) is 28.4 Å². The van der Waals surface area contributed by atoms with E-state index in [1.54, 1.807) is 14.0 Å². The maximum absolute atomic E-state index is 12.1. The first kappa shape index (κ1) is 17.2. The number of rotatable bonds is 7. The van der Waals surface area contributed by atoms with Gasteiger partial charge in [0.25, 0.3) is 0 Å². The van der Waals surface area contributed by atoms with Gasteiger partial charge in [0, 0.05) is 19.2 Å².